The molecular formula is C11H12N4OS2. The molecule has 0 saturated carbocycles. The molecule has 0 aliphatic carbocycles. The van der Waals surface area contributed by atoms with Crippen LogP contribution in [-0.4, -0.2) is 25.6 Å². The molecule has 3 aromatic rings. The van der Waals surface area contributed by atoms with Crippen LogP contribution >= 0.6 is 23.1 Å². The summed E-state index contributed by atoms with van der Waals surface area (Å²) in [4.78, 5) is 16.8. The molecule has 7 heteroatoms. The summed E-state index contributed by atoms with van der Waals surface area (Å²) in [5, 5.41) is 5.09. The van der Waals surface area contributed by atoms with Gasteiger partial charge in [-0.05, 0) is 13.2 Å². The molecule has 0 saturated heterocycles. The van der Waals surface area contributed by atoms with Gasteiger partial charge in [-0.25, -0.2) is 9.67 Å². The van der Waals surface area contributed by atoms with Gasteiger partial charge in [0.15, 0.2) is 9.99 Å². The number of rotatable bonds is 2. The van der Waals surface area contributed by atoms with Gasteiger partial charge in [-0.3, -0.25) is 4.79 Å². The molecule has 0 aliphatic rings. The molecule has 0 fully saturated rings. The third-order valence-electron chi connectivity index (χ3n) is 2.98. The standard InChI is InChI=1S/C11H12N4OS2/c1-4-15-10(16)7-6(5-12-15)8-9(14(7)2)13-11(17-3)18-8/h5H,4H2,1-3H3. The number of hydrogen-bond acceptors (Lipinski definition) is 5. The fraction of sp³-hybridized carbons (Fsp3) is 0.364. The van der Waals surface area contributed by atoms with E-state index < -0.39 is 0 Å². The van der Waals surface area contributed by atoms with Crippen molar-refractivity contribution >= 4 is 44.3 Å². The zero-order valence-corrected chi connectivity index (χ0v) is 11.9. The van der Waals surface area contributed by atoms with Crippen LogP contribution in [0.25, 0.3) is 21.3 Å². The quantitative estimate of drug-likeness (QED) is 0.674. The van der Waals surface area contributed by atoms with E-state index >= 15 is 0 Å². The number of thiazole rings is 1. The minimum Gasteiger partial charge on any atom is -0.323 e. The van der Waals surface area contributed by atoms with E-state index in [-0.39, 0.29) is 5.56 Å². The minimum absolute atomic E-state index is 0.0478. The van der Waals surface area contributed by atoms with Crippen LogP contribution in [0.5, 0.6) is 0 Å². The largest absolute Gasteiger partial charge is 0.323 e. The van der Waals surface area contributed by atoms with E-state index in [0.717, 1.165) is 20.1 Å². The van der Waals surface area contributed by atoms with Gasteiger partial charge in [-0.1, -0.05) is 11.8 Å². The summed E-state index contributed by atoms with van der Waals surface area (Å²) in [5.74, 6) is 0. The minimum atomic E-state index is -0.0478. The molecule has 0 bridgehead atoms. The summed E-state index contributed by atoms with van der Waals surface area (Å²) in [6.07, 6.45) is 3.77. The van der Waals surface area contributed by atoms with Gasteiger partial charge in [-0.15, -0.1) is 11.3 Å². The van der Waals surface area contributed by atoms with Crippen molar-refractivity contribution in [2.24, 2.45) is 7.05 Å². The van der Waals surface area contributed by atoms with Gasteiger partial charge >= 0.3 is 0 Å². The lowest BCUT2D eigenvalue weighted by atomic mass is 10.3. The lowest BCUT2D eigenvalue weighted by Gasteiger charge is -2.01. The fourth-order valence-electron chi connectivity index (χ4n) is 2.08. The Hall–Kier alpha value is -1.34. The third kappa shape index (κ3) is 1.44. The Labute approximate surface area is 111 Å². The highest BCUT2D eigenvalue weighted by molar-refractivity contribution is 8.00. The Morgan fingerprint density at radius 3 is 2.94 bits per heavy atom. The van der Waals surface area contributed by atoms with Crippen molar-refractivity contribution in [2.45, 2.75) is 17.8 Å². The fourth-order valence-corrected chi connectivity index (χ4v) is 3.68. The highest BCUT2D eigenvalue weighted by Crippen LogP contribution is 2.33. The van der Waals surface area contributed by atoms with Crippen LogP contribution in [0, 0.1) is 0 Å². The van der Waals surface area contributed by atoms with Crippen molar-refractivity contribution in [1.82, 2.24) is 19.3 Å². The molecule has 94 valence electrons. The predicted octanol–water partition coefficient (Wildman–Crippen LogP) is 2.09. The second kappa shape index (κ2) is 4.10. The molecule has 5 nitrogen and oxygen atoms in total. The zero-order chi connectivity index (χ0) is 12.9. The number of aromatic nitrogens is 4. The lowest BCUT2D eigenvalue weighted by molar-refractivity contribution is 0.620. The Balaban J connectivity index is 2.50. The van der Waals surface area contributed by atoms with Crippen molar-refractivity contribution in [1.29, 1.82) is 0 Å². The average Bonchev–Trinajstić information content (AvgIpc) is 2.90. The monoisotopic (exact) mass is 280 g/mol. The van der Waals surface area contributed by atoms with E-state index in [9.17, 15) is 4.79 Å². The Morgan fingerprint density at radius 2 is 2.28 bits per heavy atom. The van der Waals surface area contributed by atoms with Gasteiger partial charge < -0.3 is 4.57 Å². The second-order valence-electron chi connectivity index (χ2n) is 3.92. The first kappa shape index (κ1) is 11.7. The van der Waals surface area contributed by atoms with E-state index in [1.807, 2.05) is 24.8 Å². The summed E-state index contributed by atoms with van der Waals surface area (Å²) in [5.41, 5.74) is 1.51. The molecule has 0 amide bonds. The van der Waals surface area contributed by atoms with Gasteiger partial charge in [0.2, 0.25) is 0 Å². The van der Waals surface area contributed by atoms with Crippen molar-refractivity contribution < 1.29 is 0 Å². The summed E-state index contributed by atoms with van der Waals surface area (Å²) in [7, 11) is 1.88. The third-order valence-corrected chi connectivity index (χ3v) is 5.04. The second-order valence-corrected chi connectivity index (χ2v) is 5.98. The topological polar surface area (TPSA) is 52.7 Å². The first-order chi connectivity index (χ1) is 8.67. The molecule has 0 N–H and O–H groups in total. The molecule has 0 radical (unpaired) electrons. The van der Waals surface area contributed by atoms with Gasteiger partial charge in [0.25, 0.3) is 5.56 Å². The number of fused-ring (bicyclic) bond motifs is 3. The molecule has 0 aromatic carbocycles. The van der Waals surface area contributed by atoms with Crippen LogP contribution in [0.15, 0.2) is 15.3 Å². The first-order valence-corrected chi connectivity index (χ1v) is 7.60. The van der Waals surface area contributed by atoms with Crippen LogP contribution in [-0.2, 0) is 13.6 Å². The average molecular weight is 280 g/mol. The van der Waals surface area contributed by atoms with Crippen LogP contribution < -0.4 is 5.56 Å². The maximum absolute atomic E-state index is 12.3. The Kier molecular flexibility index (Phi) is 2.67. The lowest BCUT2D eigenvalue weighted by Crippen LogP contribution is -2.22. The van der Waals surface area contributed by atoms with E-state index in [0.29, 0.717) is 12.1 Å². The molecule has 0 aliphatic heterocycles. The van der Waals surface area contributed by atoms with Crippen molar-refractivity contribution in [2.75, 3.05) is 6.26 Å². The highest BCUT2D eigenvalue weighted by atomic mass is 32.2. The Bertz CT molecular complexity index is 799. The van der Waals surface area contributed by atoms with Gasteiger partial charge in [0.1, 0.15) is 5.52 Å². The number of hydrogen-bond donors (Lipinski definition) is 0. The summed E-state index contributed by atoms with van der Waals surface area (Å²) in [6, 6.07) is 0. The van der Waals surface area contributed by atoms with Crippen molar-refractivity contribution in [3.8, 4) is 0 Å². The van der Waals surface area contributed by atoms with Crippen LogP contribution in [0.1, 0.15) is 6.92 Å². The molecule has 0 spiro atoms. The molecule has 0 atom stereocenters. The van der Waals surface area contributed by atoms with E-state index in [1.54, 1.807) is 29.3 Å². The summed E-state index contributed by atoms with van der Waals surface area (Å²) in [6.45, 7) is 2.49. The van der Waals surface area contributed by atoms with Gasteiger partial charge in [0.05, 0.1) is 10.9 Å². The van der Waals surface area contributed by atoms with E-state index in [1.165, 1.54) is 4.68 Å². The molecule has 18 heavy (non-hydrogen) atoms. The molecule has 3 rings (SSSR count). The van der Waals surface area contributed by atoms with E-state index in [2.05, 4.69) is 10.1 Å². The highest BCUT2D eigenvalue weighted by Gasteiger charge is 2.17. The van der Waals surface area contributed by atoms with Crippen LogP contribution in [0.2, 0.25) is 0 Å². The zero-order valence-electron chi connectivity index (χ0n) is 10.3. The van der Waals surface area contributed by atoms with Gasteiger partial charge in [0, 0.05) is 19.0 Å². The van der Waals surface area contributed by atoms with Gasteiger partial charge in [-0.2, -0.15) is 5.10 Å². The molecular weight excluding hydrogens is 268 g/mol. The van der Waals surface area contributed by atoms with Crippen molar-refractivity contribution in [3.05, 3.63) is 16.6 Å². The Morgan fingerprint density at radius 1 is 1.50 bits per heavy atom. The first-order valence-electron chi connectivity index (χ1n) is 5.56. The normalized spacial score (nSPS) is 11.7. The number of nitrogens with zero attached hydrogens (tertiary/aromatic N) is 4. The summed E-state index contributed by atoms with van der Waals surface area (Å²) >= 11 is 3.23. The molecule has 3 heterocycles. The maximum Gasteiger partial charge on any atom is 0.291 e. The van der Waals surface area contributed by atoms with E-state index in [4.69, 9.17) is 0 Å². The number of aryl methyl sites for hydroxylation is 2. The maximum atomic E-state index is 12.3. The molecule has 0 unspecified atom stereocenters. The van der Waals surface area contributed by atoms with Crippen molar-refractivity contribution in [3.63, 3.8) is 0 Å². The molecule has 3 aromatic heterocycles. The number of thioether (sulfide) groups is 1. The smallest absolute Gasteiger partial charge is 0.291 e. The van der Waals surface area contributed by atoms with Crippen LogP contribution in [0.3, 0.4) is 0 Å². The summed E-state index contributed by atoms with van der Waals surface area (Å²) < 4.78 is 5.40. The van der Waals surface area contributed by atoms with Crippen LogP contribution in [0.4, 0.5) is 0 Å². The predicted molar refractivity (Wildman–Crippen MR) is 75.6 cm³/mol. The SMILES string of the molecule is CCn1ncc2c3sc(SC)nc3n(C)c2c1=O.